The summed E-state index contributed by atoms with van der Waals surface area (Å²) in [5.41, 5.74) is 11.4. The molecule has 1 saturated carbocycles. The number of methoxy groups -OCH3 is 1. The molecule has 12 nitrogen and oxygen atoms in total. The van der Waals surface area contributed by atoms with Crippen molar-refractivity contribution in [3.63, 3.8) is 0 Å². The summed E-state index contributed by atoms with van der Waals surface area (Å²) in [6, 6.07) is 9.30. The zero-order valence-electron chi connectivity index (χ0n) is 33.9. The average Bonchev–Trinajstić information content (AvgIpc) is 3.91. The maximum Gasteiger partial charge on any atom is 0.324 e. The van der Waals surface area contributed by atoms with E-state index in [0.717, 1.165) is 77.2 Å². The normalized spacial score (nSPS) is 22.4. The monoisotopic (exact) mass is 783 g/mol. The van der Waals surface area contributed by atoms with Crippen molar-refractivity contribution >= 4 is 40.0 Å². The molecule has 3 fully saturated rings. The number of benzene rings is 1. The number of thiazole rings is 1. The minimum Gasteiger partial charge on any atom is -0.464 e. The highest BCUT2D eigenvalue weighted by atomic mass is 32.1. The average molecular weight is 784 g/mol. The molecule has 3 aliphatic rings. The zero-order chi connectivity index (χ0) is 39.8. The smallest absolute Gasteiger partial charge is 0.324 e. The third-order valence-corrected chi connectivity index (χ3v) is 12.9. The number of hydrazine groups is 1. The molecular weight excluding hydrogens is 727 g/mol. The van der Waals surface area contributed by atoms with Crippen molar-refractivity contribution in [1.29, 1.82) is 0 Å². The van der Waals surface area contributed by atoms with Crippen molar-refractivity contribution < 1.29 is 23.9 Å². The predicted octanol–water partition coefficient (Wildman–Crippen LogP) is 6.40. The molecule has 1 aliphatic carbocycles. The molecule has 0 radical (unpaired) electrons. The van der Waals surface area contributed by atoms with Crippen molar-refractivity contribution in [3.05, 3.63) is 58.7 Å². The van der Waals surface area contributed by atoms with Crippen LogP contribution in [0.5, 0.6) is 0 Å². The fraction of sp³-hybridized carbons (Fsp3) is 0.558. The fourth-order valence-corrected chi connectivity index (χ4v) is 9.67. The Morgan fingerprint density at radius 1 is 1.16 bits per heavy atom. The van der Waals surface area contributed by atoms with Gasteiger partial charge in [0, 0.05) is 72.3 Å². The van der Waals surface area contributed by atoms with E-state index in [1.807, 2.05) is 31.6 Å². The first-order chi connectivity index (χ1) is 26.9. The van der Waals surface area contributed by atoms with E-state index in [1.54, 1.807) is 18.4 Å². The van der Waals surface area contributed by atoms with Gasteiger partial charge in [0.2, 0.25) is 5.91 Å². The third-order valence-electron chi connectivity index (χ3n) is 12.3. The molecule has 2 saturated heterocycles. The van der Waals surface area contributed by atoms with Crippen LogP contribution in [0, 0.1) is 16.7 Å². The number of hydrogen-bond donors (Lipinski definition) is 2. The molecule has 3 aromatic heterocycles. The van der Waals surface area contributed by atoms with Gasteiger partial charge in [-0.1, -0.05) is 26.8 Å². The number of aryl methyl sites for hydroxylation is 1. The lowest BCUT2D eigenvalue weighted by Gasteiger charge is -2.43. The second-order valence-corrected chi connectivity index (χ2v) is 17.5. The number of rotatable bonds is 14. The van der Waals surface area contributed by atoms with E-state index in [1.165, 1.54) is 5.01 Å². The number of amides is 2. The van der Waals surface area contributed by atoms with Crippen molar-refractivity contribution in [1.82, 2.24) is 35.2 Å². The van der Waals surface area contributed by atoms with E-state index < -0.39 is 22.9 Å². The number of nitrogens with one attached hydrogen (secondary N) is 2. The molecule has 2 aliphatic heterocycles. The van der Waals surface area contributed by atoms with E-state index in [-0.39, 0.29) is 30.5 Å². The molecule has 300 valence electrons. The fourth-order valence-electron chi connectivity index (χ4n) is 9.11. The number of carbonyl (C=O) groups excluding carboxylic acids is 3. The summed E-state index contributed by atoms with van der Waals surface area (Å²) in [7, 11) is 3.75. The maximum absolute atomic E-state index is 13.8. The Bertz CT molecular complexity index is 2060. The molecule has 5 heterocycles. The van der Waals surface area contributed by atoms with Crippen molar-refractivity contribution in [2.45, 2.75) is 97.9 Å². The van der Waals surface area contributed by atoms with E-state index in [9.17, 15) is 14.4 Å². The Hall–Kier alpha value is -4.17. The summed E-state index contributed by atoms with van der Waals surface area (Å²) < 4.78 is 14.2. The van der Waals surface area contributed by atoms with Gasteiger partial charge in [-0.3, -0.25) is 24.4 Å². The van der Waals surface area contributed by atoms with Crippen LogP contribution < -0.4 is 10.7 Å². The van der Waals surface area contributed by atoms with Crippen LogP contribution in [0.25, 0.3) is 33.4 Å². The highest BCUT2D eigenvalue weighted by molar-refractivity contribution is 7.07. The number of esters is 1. The Kier molecular flexibility index (Phi) is 11.7. The Balaban J connectivity index is 1.08. The summed E-state index contributed by atoms with van der Waals surface area (Å²) in [5.74, 6) is -0.275. The van der Waals surface area contributed by atoms with Crippen LogP contribution in [0.1, 0.15) is 84.1 Å². The number of pyridine rings is 1. The van der Waals surface area contributed by atoms with Crippen LogP contribution in [0.2, 0.25) is 0 Å². The van der Waals surface area contributed by atoms with Crippen LogP contribution in [0.15, 0.2) is 47.4 Å². The topological polar surface area (TPSA) is 131 Å². The lowest BCUT2D eigenvalue weighted by atomic mass is 9.61. The lowest BCUT2D eigenvalue weighted by molar-refractivity contribution is -0.156. The van der Waals surface area contributed by atoms with Gasteiger partial charge in [-0.05, 0) is 95.2 Å². The summed E-state index contributed by atoms with van der Waals surface area (Å²) in [6.07, 6.45) is 5.79. The van der Waals surface area contributed by atoms with E-state index in [2.05, 4.69) is 82.7 Å². The number of hydrogen-bond acceptors (Lipinski definition) is 10. The van der Waals surface area contributed by atoms with Gasteiger partial charge in [0.15, 0.2) is 0 Å². The predicted molar refractivity (Wildman–Crippen MR) is 219 cm³/mol. The lowest BCUT2D eigenvalue weighted by Crippen LogP contribution is -2.62. The maximum atomic E-state index is 13.8. The zero-order valence-corrected chi connectivity index (χ0v) is 34.7. The summed E-state index contributed by atoms with van der Waals surface area (Å²) in [5, 5.41) is 7.80. The minimum absolute atomic E-state index is 0.0222. The quantitative estimate of drug-likeness (QED) is 0.140. The number of fused-ring (bicyclic) bond motifs is 2. The minimum atomic E-state index is -0.665. The van der Waals surface area contributed by atoms with Gasteiger partial charge in [0.1, 0.15) is 12.1 Å². The first-order valence-corrected chi connectivity index (χ1v) is 21.1. The standard InChI is InChI=1S/C43H57N7O5S/c1-8-33(46-41(53)43-17-16-29(43)22-48(6)24-43)39(51)50-19-11-13-34(47-50)40(52)55-25-42(4,5)21-32-31-20-28(35-23-56-26-45-35)14-15-36(31)49(9-2)38(32)30-12-10-18-44-37(30)27(3)54-7/h10,12,14-15,18,20,23,26-27,29,33-34,47H,8-9,11,13,16-17,19,21-22,24-25H2,1-7H3,(H,46,53)/t27-,29+,33-,34-,43+/m0/s1. The second kappa shape index (κ2) is 16.4. The van der Waals surface area contributed by atoms with Gasteiger partial charge < -0.3 is 24.3 Å². The van der Waals surface area contributed by atoms with Crippen molar-refractivity contribution in [3.8, 4) is 22.5 Å². The van der Waals surface area contributed by atoms with Crippen LogP contribution in [-0.4, -0.2) is 94.7 Å². The van der Waals surface area contributed by atoms with Gasteiger partial charge >= 0.3 is 5.97 Å². The summed E-state index contributed by atoms with van der Waals surface area (Å²) >= 11 is 1.57. The SMILES string of the molecule is CC[C@H](NC(=O)[C@@]12CC[C@@H]1CN(C)C2)C(=O)N1CCC[C@@H](C(=O)OCC(C)(C)Cc2c(-c3cccnc3[C@H](C)OC)n(CC)c3ccc(-c4cscn4)cc23)N1. The van der Waals surface area contributed by atoms with Gasteiger partial charge in [0.05, 0.1) is 40.7 Å². The number of carbonyl (C=O) groups is 3. The molecule has 0 unspecified atom stereocenters. The first kappa shape index (κ1) is 40.0. The Morgan fingerprint density at radius 2 is 1.98 bits per heavy atom. The van der Waals surface area contributed by atoms with Crippen molar-refractivity contribution in [2.75, 3.05) is 40.4 Å². The van der Waals surface area contributed by atoms with Gasteiger partial charge in [-0.25, -0.2) is 10.4 Å². The van der Waals surface area contributed by atoms with Crippen LogP contribution >= 0.6 is 11.3 Å². The number of aromatic nitrogens is 3. The molecular formula is C43H57N7O5S. The number of nitrogens with zero attached hydrogens (tertiary/aromatic N) is 5. The van der Waals surface area contributed by atoms with Gasteiger partial charge in [0.25, 0.3) is 5.91 Å². The Morgan fingerprint density at radius 3 is 2.66 bits per heavy atom. The summed E-state index contributed by atoms with van der Waals surface area (Å²) in [4.78, 5) is 52.6. The first-order valence-electron chi connectivity index (χ1n) is 20.1. The van der Waals surface area contributed by atoms with Crippen molar-refractivity contribution in [2.24, 2.45) is 16.7 Å². The summed E-state index contributed by atoms with van der Waals surface area (Å²) in [6.45, 7) is 13.4. The van der Waals surface area contributed by atoms with Crippen LogP contribution in [0.3, 0.4) is 0 Å². The molecule has 7 rings (SSSR count). The van der Waals surface area contributed by atoms with Gasteiger partial charge in [-0.15, -0.1) is 11.3 Å². The highest BCUT2D eigenvalue weighted by Gasteiger charge is 2.57. The molecule has 4 aromatic rings. The molecule has 0 spiro atoms. The molecule has 1 aromatic carbocycles. The highest BCUT2D eigenvalue weighted by Crippen LogP contribution is 2.51. The molecule has 5 atom stereocenters. The number of likely N-dealkylation sites (tertiary alicyclic amines) is 1. The largest absolute Gasteiger partial charge is 0.464 e. The molecule has 13 heteroatoms. The molecule has 0 bridgehead atoms. The van der Waals surface area contributed by atoms with E-state index >= 15 is 0 Å². The Labute approximate surface area is 334 Å². The van der Waals surface area contributed by atoms with Gasteiger partial charge in [-0.2, -0.15) is 0 Å². The number of ether oxygens (including phenoxy) is 2. The van der Waals surface area contributed by atoms with Crippen LogP contribution in [-0.2, 0) is 36.8 Å². The van der Waals surface area contributed by atoms with E-state index in [0.29, 0.717) is 38.1 Å². The van der Waals surface area contributed by atoms with E-state index in [4.69, 9.17) is 14.5 Å². The third kappa shape index (κ3) is 7.62. The molecule has 2 amide bonds. The molecule has 56 heavy (non-hydrogen) atoms. The molecule has 2 N–H and O–H groups in total. The van der Waals surface area contributed by atoms with Crippen LogP contribution in [0.4, 0.5) is 0 Å². The second-order valence-electron chi connectivity index (χ2n) is 16.8.